The average Bonchev–Trinajstić information content (AvgIpc) is 2.56. The molecule has 0 N–H and O–H groups in total. The standard InChI is InChI=1S/C16H18N4O/c1-13(21)19-10-11-20(16-17-8-5-9-18-16)15(12-19)14-6-3-2-4-7-14/h2-9,15H,10-12H2,1H3. The lowest BCUT2D eigenvalue weighted by Gasteiger charge is -2.41. The molecule has 0 aliphatic carbocycles. The number of carbonyl (C=O) groups is 1. The number of hydrogen-bond acceptors (Lipinski definition) is 4. The van der Waals surface area contributed by atoms with Crippen molar-refractivity contribution in [3.05, 3.63) is 54.4 Å². The van der Waals surface area contributed by atoms with Gasteiger partial charge in [-0.05, 0) is 11.6 Å². The largest absolute Gasteiger partial charge is 0.339 e. The molecule has 1 unspecified atom stereocenters. The highest BCUT2D eigenvalue weighted by atomic mass is 16.2. The van der Waals surface area contributed by atoms with Gasteiger partial charge < -0.3 is 9.80 Å². The van der Waals surface area contributed by atoms with E-state index in [4.69, 9.17) is 0 Å². The summed E-state index contributed by atoms with van der Waals surface area (Å²) >= 11 is 0. The van der Waals surface area contributed by atoms with Crippen molar-refractivity contribution in [2.24, 2.45) is 0 Å². The van der Waals surface area contributed by atoms with Crippen LogP contribution in [0.15, 0.2) is 48.8 Å². The smallest absolute Gasteiger partial charge is 0.225 e. The van der Waals surface area contributed by atoms with Gasteiger partial charge in [0.1, 0.15) is 0 Å². The van der Waals surface area contributed by atoms with Crippen molar-refractivity contribution < 1.29 is 4.79 Å². The van der Waals surface area contributed by atoms with E-state index in [1.54, 1.807) is 19.3 Å². The van der Waals surface area contributed by atoms with Crippen molar-refractivity contribution in [3.63, 3.8) is 0 Å². The summed E-state index contributed by atoms with van der Waals surface area (Å²) in [5.41, 5.74) is 1.18. The Morgan fingerprint density at radius 2 is 1.81 bits per heavy atom. The second kappa shape index (κ2) is 5.91. The Labute approximate surface area is 124 Å². The number of rotatable bonds is 2. The Bertz CT molecular complexity index is 602. The summed E-state index contributed by atoms with van der Waals surface area (Å²) in [5, 5.41) is 0. The topological polar surface area (TPSA) is 49.3 Å². The van der Waals surface area contributed by atoms with E-state index in [0.29, 0.717) is 13.1 Å². The maximum absolute atomic E-state index is 11.7. The predicted octanol–water partition coefficient (Wildman–Crippen LogP) is 1.89. The first-order chi connectivity index (χ1) is 10.3. The van der Waals surface area contributed by atoms with E-state index in [1.165, 1.54) is 5.56 Å². The zero-order chi connectivity index (χ0) is 14.7. The van der Waals surface area contributed by atoms with Gasteiger partial charge in [0.05, 0.1) is 6.04 Å². The van der Waals surface area contributed by atoms with Crippen LogP contribution in [0.25, 0.3) is 0 Å². The average molecular weight is 282 g/mol. The Kier molecular flexibility index (Phi) is 3.81. The van der Waals surface area contributed by atoms with Gasteiger partial charge in [0, 0.05) is 39.0 Å². The highest BCUT2D eigenvalue weighted by Crippen LogP contribution is 2.28. The maximum atomic E-state index is 11.7. The third-order valence-electron chi connectivity index (χ3n) is 3.82. The molecule has 1 fully saturated rings. The van der Waals surface area contributed by atoms with E-state index in [1.807, 2.05) is 29.2 Å². The quantitative estimate of drug-likeness (QED) is 0.844. The summed E-state index contributed by atoms with van der Waals surface area (Å²) < 4.78 is 0. The minimum absolute atomic E-state index is 0.0891. The molecule has 2 aromatic rings. The highest BCUT2D eigenvalue weighted by molar-refractivity contribution is 5.73. The zero-order valence-corrected chi connectivity index (χ0v) is 12.0. The number of piperazine rings is 1. The molecule has 1 atom stereocenters. The first-order valence-corrected chi connectivity index (χ1v) is 7.10. The minimum Gasteiger partial charge on any atom is -0.339 e. The van der Waals surface area contributed by atoms with Gasteiger partial charge in [-0.15, -0.1) is 0 Å². The summed E-state index contributed by atoms with van der Waals surface area (Å²) in [6.45, 7) is 3.73. The van der Waals surface area contributed by atoms with Gasteiger partial charge in [0.2, 0.25) is 11.9 Å². The molecule has 1 amide bonds. The van der Waals surface area contributed by atoms with Crippen LogP contribution in [0.1, 0.15) is 18.5 Å². The number of benzene rings is 1. The molecular formula is C16H18N4O. The third-order valence-corrected chi connectivity index (χ3v) is 3.82. The fourth-order valence-corrected chi connectivity index (χ4v) is 2.71. The van der Waals surface area contributed by atoms with Crippen molar-refractivity contribution in [1.29, 1.82) is 0 Å². The first-order valence-electron chi connectivity index (χ1n) is 7.10. The van der Waals surface area contributed by atoms with Crippen molar-refractivity contribution in [2.75, 3.05) is 24.5 Å². The molecule has 21 heavy (non-hydrogen) atoms. The van der Waals surface area contributed by atoms with Gasteiger partial charge in [-0.25, -0.2) is 9.97 Å². The van der Waals surface area contributed by atoms with E-state index in [2.05, 4.69) is 27.0 Å². The summed E-state index contributed by atoms with van der Waals surface area (Å²) in [6, 6.07) is 12.1. The van der Waals surface area contributed by atoms with Crippen LogP contribution in [0, 0.1) is 0 Å². The van der Waals surface area contributed by atoms with Crippen LogP contribution in [0.4, 0.5) is 5.95 Å². The van der Waals surface area contributed by atoms with Crippen LogP contribution in [0.5, 0.6) is 0 Å². The first kappa shape index (κ1) is 13.5. The van der Waals surface area contributed by atoms with E-state index in [0.717, 1.165) is 12.5 Å². The Hall–Kier alpha value is -2.43. The third kappa shape index (κ3) is 2.86. The van der Waals surface area contributed by atoms with Crippen molar-refractivity contribution in [1.82, 2.24) is 14.9 Å². The molecule has 5 nitrogen and oxygen atoms in total. The molecule has 0 radical (unpaired) electrons. The van der Waals surface area contributed by atoms with Crippen molar-refractivity contribution in [2.45, 2.75) is 13.0 Å². The number of amides is 1. The molecule has 3 rings (SSSR count). The Balaban J connectivity index is 1.93. The molecule has 1 saturated heterocycles. The van der Waals surface area contributed by atoms with Crippen LogP contribution in [0.2, 0.25) is 0 Å². The monoisotopic (exact) mass is 282 g/mol. The zero-order valence-electron chi connectivity index (χ0n) is 12.0. The summed E-state index contributed by atoms with van der Waals surface area (Å²) in [4.78, 5) is 24.5. The minimum atomic E-state index is 0.0891. The molecular weight excluding hydrogens is 264 g/mol. The van der Waals surface area contributed by atoms with Gasteiger partial charge >= 0.3 is 0 Å². The lowest BCUT2D eigenvalue weighted by molar-refractivity contribution is -0.129. The van der Waals surface area contributed by atoms with Gasteiger partial charge in [0.25, 0.3) is 0 Å². The molecule has 0 bridgehead atoms. The molecule has 0 saturated carbocycles. The van der Waals surface area contributed by atoms with Gasteiger partial charge in [-0.2, -0.15) is 0 Å². The number of anilines is 1. The molecule has 1 aliphatic heterocycles. The lowest BCUT2D eigenvalue weighted by atomic mass is 10.0. The SMILES string of the molecule is CC(=O)N1CCN(c2ncccn2)C(c2ccccc2)C1. The van der Waals surface area contributed by atoms with E-state index >= 15 is 0 Å². The summed E-state index contributed by atoms with van der Waals surface area (Å²) in [5.74, 6) is 0.833. The number of nitrogens with zero attached hydrogens (tertiary/aromatic N) is 4. The van der Waals surface area contributed by atoms with Gasteiger partial charge in [-0.3, -0.25) is 4.79 Å². The number of aromatic nitrogens is 2. The van der Waals surface area contributed by atoms with Crippen LogP contribution in [-0.4, -0.2) is 40.4 Å². The summed E-state index contributed by atoms with van der Waals surface area (Å²) in [6.07, 6.45) is 3.50. The summed E-state index contributed by atoms with van der Waals surface area (Å²) in [7, 11) is 0. The molecule has 0 spiro atoms. The predicted molar refractivity (Wildman–Crippen MR) is 80.8 cm³/mol. The molecule has 1 aromatic heterocycles. The van der Waals surface area contributed by atoms with Crippen molar-refractivity contribution in [3.8, 4) is 0 Å². The Morgan fingerprint density at radius 3 is 2.48 bits per heavy atom. The van der Waals surface area contributed by atoms with Crippen LogP contribution >= 0.6 is 0 Å². The van der Waals surface area contributed by atoms with Crippen LogP contribution in [-0.2, 0) is 4.79 Å². The normalized spacial score (nSPS) is 18.6. The second-order valence-electron chi connectivity index (χ2n) is 5.13. The maximum Gasteiger partial charge on any atom is 0.225 e. The molecule has 1 aliphatic rings. The van der Waals surface area contributed by atoms with E-state index in [9.17, 15) is 4.79 Å². The molecule has 2 heterocycles. The number of hydrogen-bond donors (Lipinski definition) is 0. The van der Waals surface area contributed by atoms with Crippen LogP contribution < -0.4 is 4.90 Å². The lowest BCUT2D eigenvalue weighted by Crippen LogP contribution is -2.50. The second-order valence-corrected chi connectivity index (χ2v) is 5.13. The molecule has 5 heteroatoms. The molecule has 108 valence electrons. The van der Waals surface area contributed by atoms with E-state index < -0.39 is 0 Å². The number of carbonyl (C=O) groups excluding carboxylic acids is 1. The molecule has 1 aromatic carbocycles. The van der Waals surface area contributed by atoms with E-state index in [-0.39, 0.29) is 11.9 Å². The van der Waals surface area contributed by atoms with Gasteiger partial charge in [-0.1, -0.05) is 30.3 Å². The Morgan fingerprint density at radius 1 is 1.10 bits per heavy atom. The van der Waals surface area contributed by atoms with Gasteiger partial charge in [0.15, 0.2) is 0 Å². The fraction of sp³-hybridized carbons (Fsp3) is 0.312. The fourth-order valence-electron chi connectivity index (χ4n) is 2.71. The van der Waals surface area contributed by atoms with Crippen molar-refractivity contribution >= 4 is 11.9 Å². The highest BCUT2D eigenvalue weighted by Gasteiger charge is 2.30. The van der Waals surface area contributed by atoms with Crippen LogP contribution in [0.3, 0.4) is 0 Å².